The highest BCUT2D eigenvalue weighted by Crippen LogP contribution is 2.43. The number of hydrogen-bond acceptors (Lipinski definition) is 4. The van der Waals surface area contributed by atoms with Crippen LogP contribution in [0.5, 0.6) is 5.75 Å². The van der Waals surface area contributed by atoms with Crippen LogP contribution in [0.2, 0.25) is 0 Å². The summed E-state index contributed by atoms with van der Waals surface area (Å²) in [5.74, 6) is 0.938. The van der Waals surface area contributed by atoms with Crippen molar-refractivity contribution in [1.82, 2.24) is 9.88 Å². The molecule has 0 radical (unpaired) electrons. The molecular weight excluding hydrogens is 339 g/mol. The van der Waals surface area contributed by atoms with E-state index < -0.39 is 0 Å². The van der Waals surface area contributed by atoms with Gasteiger partial charge in [0.2, 0.25) is 0 Å². The lowest BCUT2D eigenvalue weighted by atomic mass is 9.99. The van der Waals surface area contributed by atoms with Gasteiger partial charge >= 0.3 is 0 Å². The number of hydrogen-bond donors (Lipinski definition) is 0. The van der Waals surface area contributed by atoms with Crippen molar-refractivity contribution in [1.29, 1.82) is 0 Å². The number of nitrogens with zero attached hydrogens (tertiary/aromatic N) is 2. The van der Waals surface area contributed by atoms with Gasteiger partial charge in [0.05, 0.1) is 16.7 Å². The van der Waals surface area contributed by atoms with Gasteiger partial charge in [-0.05, 0) is 63.3 Å². The zero-order chi connectivity index (χ0) is 17.6. The molecule has 1 saturated heterocycles. The molecule has 25 heavy (non-hydrogen) atoms. The summed E-state index contributed by atoms with van der Waals surface area (Å²) in [6, 6.07) is 6.43. The largest absolute Gasteiger partial charge is 0.491 e. The molecule has 2 heterocycles. The number of aryl methyl sites for hydroxylation is 2. The molecule has 1 aromatic carbocycles. The lowest BCUT2D eigenvalue weighted by Crippen LogP contribution is -2.47. The second kappa shape index (κ2) is 6.41. The smallest absolute Gasteiger partial charge is 0.266 e. The highest BCUT2D eigenvalue weighted by atomic mass is 32.1. The van der Waals surface area contributed by atoms with Crippen LogP contribution in [0.3, 0.4) is 0 Å². The second-order valence-electron chi connectivity index (χ2n) is 6.92. The predicted octanol–water partition coefficient (Wildman–Crippen LogP) is 3.97. The molecule has 2 aromatic rings. The summed E-state index contributed by atoms with van der Waals surface area (Å²) in [6.45, 7) is 4.28. The maximum atomic E-state index is 13.1. The van der Waals surface area contributed by atoms with Crippen molar-refractivity contribution in [3.63, 3.8) is 0 Å². The minimum absolute atomic E-state index is 0.0816. The summed E-state index contributed by atoms with van der Waals surface area (Å²) in [7, 11) is 0. The van der Waals surface area contributed by atoms with E-state index in [1.54, 1.807) is 12.1 Å². The lowest BCUT2D eigenvalue weighted by molar-refractivity contribution is 0.0509. The van der Waals surface area contributed by atoms with E-state index in [-0.39, 0.29) is 17.8 Å². The molecule has 1 amide bonds. The van der Waals surface area contributed by atoms with Gasteiger partial charge in [0.15, 0.2) is 0 Å². The summed E-state index contributed by atoms with van der Waals surface area (Å²) in [5.41, 5.74) is 0.813. The number of benzene rings is 1. The van der Waals surface area contributed by atoms with Crippen LogP contribution in [0.15, 0.2) is 24.3 Å². The van der Waals surface area contributed by atoms with Gasteiger partial charge in [-0.2, -0.15) is 0 Å². The standard InChI is InChI=1S/C19H21FN2O2S/c1-11-18(25-12(2)21-11)19(23)22-15-6-3-13(9-15)17(22)10-24-16-7-4-14(20)5-8-16/h4-5,7-8,13,15,17H,3,6,9-10H2,1-2H3/t13-,15-,17+/m0/s1. The SMILES string of the molecule is Cc1nc(C)c(C(=O)N2[C@H]3CC[C@@H](C3)[C@H]2COc2ccc(F)cc2)s1. The number of carbonyl (C=O) groups excluding carboxylic acids is 1. The number of rotatable bonds is 4. The molecule has 2 fully saturated rings. The Morgan fingerprint density at radius 2 is 2.08 bits per heavy atom. The van der Waals surface area contributed by atoms with Gasteiger partial charge in [0.1, 0.15) is 23.1 Å². The van der Waals surface area contributed by atoms with Crippen molar-refractivity contribution < 1.29 is 13.9 Å². The highest BCUT2D eigenvalue weighted by molar-refractivity contribution is 7.13. The maximum absolute atomic E-state index is 13.1. The lowest BCUT2D eigenvalue weighted by Gasteiger charge is -2.35. The Balaban J connectivity index is 1.52. The molecule has 1 aromatic heterocycles. The molecule has 0 N–H and O–H groups in total. The van der Waals surface area contributed by atoms with Crippen molar-refractivity contribution in [2.45, 2.75) is 45.2 Å². The van der Waals surface area contributed by atoms with Crippen molar-refractivity contribution in [3.05, 3.63) is 45.7 Å². The fraction of sp³-hybridized carbons (Fsp3) is 0.474. The van der Waals surface area contributed by atoms with E-state index >= 15 is 0 Å². The molecule has 1 aliphatic carbocycles. The van der Waals surface area contributed by atoms with Crippen LogP contribution in [0.25, 0.3) is 0 Å². The van der Waals surface area contributed by atoms with E-state index in [1.807, 2.05) is 18.7 Å². The molecule has 0 unspecified atom stereocenters. The van der Waals surface area contributed by atoms with Crippen LogP contribution >= 0.6 is 11.3 Å². The summed E-state index contributed by atoms with van der Waals surface area (Å²) in [4.78, 5) is 20.3. The quantitative estimate of drug-likeness (QED) is 0.828. The molecule has 2 bridgehead atoms. The van der Waals surface area contributed by atoms with Crippen LogP contribution in [0.1, 0.15) is 39.6 Å². The first kappa shape index (κ1) is 16.5. The summed E-state index contributed by atoms with van der Waals surface area (Å²) in [6.07, 6.45) is 3.27. The van der Waals surface area contributed by atoms with Crippen molar-refractivity contribution >= 4 is 17.2 Å². The molecule has 132 valence electrons. The topological polar surface area (TPSA) is 42.4 Å². The minimum atomic E-state index is -0.278. The molecule has 4 nitrogen and oxygen atoms in total. The first-order valence-corrected chi connectivity index (χ1v) is 9.49. The van der Waals surface area contributed by atoms with E-state index in [1.165, 1.54) is 23.5 Å². The Morgan fingerprint density at radius 1 is 1.32 bits per heavy atom. The van der Waals surface area contributed by atoms with Gasteiger partial charge in [-0.3, -0.25) is 4.79 Å². The third-order valence-electron chi connectivity index (χ3n) is 5.31. The van der Waals surface area contributed by atoms with E-state index in [0.717, 1.165) is 34.8 Å². The molecule has 6 heteroatoms. The minimum Gasteiger partial charge on any atom is -0.491 e. The summed E-state index contributed by atoms with van der Waals surface area (Å²) >= 11 is 1.47. The number of carbonyl (C=O) groups is 1. The molecule has 3 atom stereocenters. The van der Waals surface area contributed by atoms with Crippen LogP contribution in [-0.2, 0) is 0 Å². The summed E-state index contributed by atoms with van der Waals surface area (Å²) in [5, 5.41) is 0.921. The maximum Gasteiger partial charge on any atom is 0.266 e. The normalized spacial score (nSPS) is 24.8. The fourth-order valence-corrected chi connectivity index (χ4v) is 5.05. The third-order valence-corrected chi connectivity index (χ3v) is 6.37. The van der Waals surface area contributed by atoms with E-state index in [9.17, 15) is 9.18 Å². The van der Waals surface area contributed by atoms with Gasteiger partial charge in [0, 0.05) is 6.04 Å². The van der Waals surface area contributed by atoms with Gasteiger partial charge in [-0.1, -0.05) is 0 Å². The van der Waals surface area contributed by atoms with Gasteiger partial charge in [0.25, 0.3) is 5.91 Å². The predicted molar refractivity (Wildman–Crippen MR) is 94.6 cm³/mol. The number of piperidine rings is 1. The molecule has 2 aliphatic rings. The molecular formula is C19H21FN2O2S. The number of likely N-dealkylation sites (tertiary alicyclic amines) is 1. The number of halogens is 1. The third kappa shape index (κ3) is 3.03. The second-order valence-corrected chi connectivity index (χ2v) is 8.12. The van der Waals surface area contributed by atoms with Gasteiger partial charge in [-0.25, -0.2) is 9.37 Å². The fourth-order valence-electron chi connectivity index (χ4n) is 4.18. The average molecular weight is 360 g/mol. The van der Waals surface area contributed by atoms with Crippen molar-refractivity contribution in [3.8, 4) is 5.75 Å². The number of ether oxygens (including phenoxy) is 1. The van der Waals surface area contributed by atoms with Crippen LogP contribution in [-0.4, -0.2) is 34.5 Å². The zero-order valence-corrected chi connectivity index (χ0v) is 15.2. The molecule has 4 rings (SSSR count). The van der Waals surface area contributed by atoms with Crippen molar-refractivity contribution in [2.24, 2.45) is 5.92 Å². The van der Waals surface area contributed by atoms with Crippen LogP contribution in [0, 0.1) is 25.6 Å². The average Bonchev–Trinajstić information content (AvgIpc) is 3.28. The first-order valence-electron chi connectivity index (χ1n) is 8.68. The Labute approximate surface area is 150 Å². The molecule has 1 aliphatic heterocycles. The Morgan fingerprint density at radius 3 is 2.76 bits per heavy atom. The first-order chi connectivity index (χ1) is 12.0. The number of aromatic nitrogens is 1. The highest BCUT2D eigenvalue weighted by Gasteiger charge is 2.49. The van der Waals surface area contributed by atoms with E-state index in [4.69, 9.17) is 4.74 Å². The number of fused-ring (bicyclic) bond motifs is 2. The van der Waals surface area contributed by atoms with Crippen LogP contribution in [0.4, 0.5) is 4.39 Å². The van der Waals surface area contributed by atoms with Gasteiger partial charge < -0.3 is 9.64 Å². The number of amides is 1. The zero-order valence-electron chi connectivity index (χ0n) is 14.4. The Kier molecular flexibility index (Phi) is 4.23. The molecule has 0 spiro atoms. The number of thiazole rings is 1. The van der Waals surface area contributed by atoms with E-state index in [2.05, 4.69) is 4.98 Å². The Bertz CT molecular complexity index is 789. The van der Waals surface area contributed by atoms with Gasteiger partial charge in [-0.15, -0.1) is 11.3 Å². The Hall–Kier alpha value is -1.95. The molecule has 1 saturated carbocycles. The van der Waals surface area contributed by atoms with Crippen molar-refractivity contribution in [2.75, 3.05) is 6.61 Å². The van der Waals surface area contributed by atoms with Crippen LogP contribution < -0.4 is 4.74 Å². The summed E-state index contributed by atoms with van der Waals surface area (Å²) < 4.78 is 18.9. The van der Waals surface area contributed by atoms with E-state index in [0.29, 0.717) is 24.3 Å². The monoisotopic (exact) mass is 360 g/mol.